The van der Waals surface area contributed by atoms with E-state index in [1.165, 1.54) is 28.7 Å². The van der Waals surface area contributed by atoms with Crippen molar-refractivity contribution in [1.29, 1.82) is 0 Å². The number of benzene rings is 2. The minimum absolute atomic E-state index is 0.282. The van der Waals surface area contributed by atoms with Gasteiger partial charge < -0.3 is 5.32 Å². The third kappa shape index (κ3) is 2.05. The summed E-state index contributed by atoms with van der Waals surface area (Å²) in [6.45, 7) is 0.819. The number of carbonyl (C=O) groups is 1. The molecule has 0 aromatic heterocycles. The molecular formula is C22H23NO. The Morgan fingerprint density at radius 1 is 0.917 bits per heavy atom. The van der Waals surface area contributed by atoms with Crippen LogP contribution in [0.4, 0.5) is 0 Å². The van der Waals surface area contributed by atoms with E-state index in [2.05, 4.69) is 53.8 Å². The van der Waals surface area contributed by atoms with Crippen LogP contribution in [0.2, 0.25) is 0 Å². The molecule has 4 aliphatic carbocycles. The molecule has 0 heterocycles. The topological polar surface area (TPSA) is 29.1 Å². The number of hydrogen-bond donors (Lipinski definition) is 1. The highest BCUT2D eigenvalue weighted by Crippen LogP contribution is 2.55. The quantitative estimate of drug-likeness (QED) is 0.903. The minimum atomic E-state index is 0.282. The Labute approximate surface area is 143 Å². The molecule has 2 bridgehead atoms. The van der Waals surface area contributed by atoms with Gasteiger partial charge in [0.15, 0.2) is 0 Å². The number of rotatable bonds is 3. The van der Waals surface area contributed by atoms with Crippen LogP contribution in [0.1, 0.15) is 59.8 Å². The van der Waals surface area contributed by atoms with Crippen LogP contribution in [0.3, 0.4) is 0 Å². The maximum atomic E-state index is 12.3. The summed E-state index contributed by atoms with van der Waals surface area (Å²) < 4.78 is 0. The summed E-state index contributed by atoms with van der Waals surface area (Å²) in [6.07, 6.45) is 4.53. The summed E-state index contributed by atoms with van der Waals surface area (Å²) in [5, 5.41) is 3.26. The van der Waals surface area contributed by atoms with Gasteiger partial charge in [0.2, 0.25) is 5.91 Å². The Morgan fingerprint density at radius 3 is 2.04 bits per heavy atom. The van der Waals surface area contributed by atoms with Gasteiger partial charge in [-0.2, -0.15) is 0 Å². The standard InChI is InChI=1S/C22H23NO/c24-22(14-6-5-7-14)23-13-15-12-20-16-8-1-3-10-18(16)21(15)19-11-4-2-9-17(19)20/h1-4,8-11,14-15,20-21H,5-7,12-13H2,(H,23,24)/t15-,20?,21?/m1/s1. The van der Waals surface area contributed by atoms with Crippen molar-refractivity contribution in [3.63, 3.8) is 0 Å². The van der Waals surface area contributed by atoms with Crippen molar-refractivity contribution in [3.8, 4) is 0 Å². The first-order valence-corrected chi connectivity index (χ1v) is 9.28. The van der Waals surface area contributed by atoms with E-state index in [9.17, 15) is 4.79 Å². The molecule has 1 amide bonds. The van der Waals surface area contributed by atoms with E-state index in [-0.39, 0.29) is 11.8 Å². The molecule has 0 radical (unpaired) electrons. The van der Waals surface area contributed by atoms with Gasteiger partial charge in [-0.1, -0.05) is 55.0 Å². The maximum absolute atomic E-state index is 12.3. The molecule has 1 fully saturated rings. The number of nitrogens with one attached hydrogen (secondary N) is 1. The second kappa shape index (κ2) is 5.47. The molecule has 4 aliphatic rings. The maximum Gasteiger partial charge on any atom is 0.223 e. The Hall–Kier alpha value is -2.09. The molecule has 0 aliphatic heterocycles. The number of hydrogen-bond acceptors (Lipinski definition) is 1. The van der Waals surface area contributed by atoms with Gasteiger partial charge in [0.05, 0.1) is 0 Å². The van der Waals surface area contributed by atoms with Crippen molar-refractivity contribution in [2.75, 3.05) is 6.54 Å². The van der Waals surface area contributed by atoms with Gasteiger partial charge in [-0.25, -0.2) is 0 Å². The lowest BCUT2D eigenvalue weighted by atomic mass is 9.59. The van der Waals surface area contributed by atoms with Gasteiger partial charge in [0.25, 0.3) is 0 Å². The zero-order valence-corrected chi connectivity index (χ0v) is 13.9. The summed E-state index contributed by atoms with van der Waals surface area (Å²) in [4.78, 5) is 12.3. The predicted molar refractivity (Wildman–Crippen MR) is 95.0 cm³/mol. The fourth-order valence-corrected chi connectivity index (χ4v) is 5.01. The van der Waals surface area contributed by atoms with Crippen molar-refractivity contribution in [2.45, 2.75) is 37.5 Å². The van der Waals surface area contributed by atoms with Gasteiger partial charge in [0.1, 0.15) is 0 Å². The normalized spacial score (nSPS) is 27.1. The Balaban J connectivity index is 1.46. The van der Waals surface area contributed by atoms with Crippen molar-refractivity contribution in [2.24, 2.45) is 11.8 Å². The zero-order chi connectivity index (χ0) is 16.1. The molecule has 1 atom stereocenters. The van der Waals surface area contributed by atoms with E-state index in [4.69, 9.17) is 0 Å². The largest absolute Gasteiger partial charge is 0.356 e. The van der Waals surface area contributed by atoms with E-state index in [0.29, 0.717) is 17.8 Å². The van der Waals surface area contributed by atoms with Crippen LogP contribution >= 0.6 is 0 Å². The highest BCUT2D eigenvalue weighted by molar-refractivity contribution is 5.79. The van der Waals surface area contributed by atoms with Gasteiger partial charge in [0, 0.05) is 24.3 Å². The zero-order valence-electron chi connectivity index (χ0n) is 13.9. The van der Waals surface area contributed by atoms with Gasteiger partial charge in [-0.05, 0) is 47.4 Å². The van der Waals surface area contributed by atoms with Crippen molar-refractivity contribution in [3.05, 3.63) is 70.8 Å². The molecule has 1 N–H and O–H groups in total. The molecule has 0 unspecified atom stereocenters. The second-order valence-corrected chi connectivity index (χ2v) is 7.66. The lowest BCUT2D eigenvalue weighted by Crippen LogP contribution is -2.42. The van der Waals surface area contributed by atoms with Crippen LogP contribution in [0.5, 0.6) is 0 Å². The van der Waals surface area contributed by atoms with Crippen LogP contribution in [0, 0.1) is 11.8 Å². The molecular weight excluding hydrogens is 294 g/mol. The van der Waals surface area contributed by atoms with Crippen molar-refractivity contribution < 1.29 is 4.79 Å². The van der Waals surface area contributed by atoms with Gasteiger partial charge >= 0.3 is 0 Å². The summed E-state index contributed by atoms with van der Waals surface area (Å²) in [7, 11) is 0. The second-order valence-electron chi connectivity index (χ2n) is 7.66. The average molecular weight is 317 g/mol. The van der Waals surface area contributed by atoms with Gasteiger partial charge in [-0.3, -0.25) is 4.79 Å². The van der Waals surface area contributed by atoms with Crippen LogP contribution in [0.15, 0.2) is 48.5 Å². The number of fused-ring (bicyclic) bond motifs is 1. The molecule has 2 aromatic rings. The van der Waals surface area contributed by atoms with Crippen LogP contribution < -0.4 is 5.32 Å². The lowest BCUT2D eigenvalue weighted by Gasteiger charge is -2.45. The van der Waals surface area contributed by atoms with Crippen molar-refractivity contribution >= 4 is 5.91 Å². The highest BCUT2D eigenvalue weighted by atomic mass is 16.1. The van der Waals surface area contributed by atoms with Crippen LogP contribution in [-0.4, -0.2) is 12.5 Å². The van der Waals surface area contributed by atoms with Crippen LogP contribution in [0.25, 0.3) is 0 Å². The van der Waals surface area contributed by atoms with E-state index in [0.717, 1.165) is 25.8 Å². The summed E-state index contributed by atoms with van der Waals surface area (Å²) in [6, 6.07) is 17.8. The SMILES string of the molecule is O=C(NC[C@H]1CC2c3ccccc3C1c1ccccc12)C1CCC1. The third-order valence-electron chi connectivity index (χ3n) is 6.44. The fourth-order valence-electron chi connectivity index (χ4n) is 5.01. The summed E-state index contributed by atoms with van der Waals surface area (Å²) in [5.41, 5.74) is 5.97. The summed E-state index contributed by atoms with van der Waals surface area (Å²) >= 11 is 0. The first-order chi connectivity index (χ1) is 11.8. The Bertz CT molecular complexity index is 745. The van der Waals surface area contributed by atoms with E-state index in [1.807, 2.05) is 0 Å². The third-order valence-corrected chi connectivity index (χ3v) is 6.44. The molecule has 2 nitrogen and oxygen atoms in total. The lowest BCUT2D eigenvalue weighted by molar-refractivity contribution is -0.127. The molecule has 24 heavy (non-hydrogen) atoms. The molecule has 6 rings (SSSR count). The van der Waals surface area contributed by atoms with Crippen molar-refractivity contribution in [1.82, 2.24) is 5.32 Å². The van der Waals surface area contributed by atoms with E-state index < -0.39 is 0 Å². The van der Waals surface area contributed by atoms with E-state index in [1.54, 1.807) is 0 Å². The first kappa shape index (κ1) is 14.3. The Morgan fingerprint density at radius 2 is 1.50 bits per heavy atom. The smallest absolute Gasteiger partial charge is 0.223 e. The van der Waals surface area contributed by atoms with E-state index >= 15 is 0 Å². The number of amides is 1. The fraction of sp³-hybridized carbons (Fsp3) is 0.409. The molecule has 122 valence electrons. The first-order valence-electron chi connectivity index (χ1n) is 9.28. The molecule has 2 aromatic carbocycles. The van der Waals surface area contributed by atoms with Gasteiger partial charge in [-0.15, -0.1) is 0 Å². The molecule has 2 heteroatoms. The minimum Gasteiger partial charge on any atom is -0.356 e. The molecule has 0 spiro atoms. The molecule has 1 saturated carbocycles. The molecule has 0 saturated heterocycles. The number of carbonyl (C=O) groups excluding carboxylic acids is 1. The Kier molecular flexibility index (Phi) is 3.26. The monoisotopic (exact) mass is 317 g/mol. The highest BCUT2D eigenvalue weighted by Gasteiger charge is 2.43. The van der Waals surface area contributed by atoms with Crippen LogP contribution in [-0.2, 0) is 4.79 Å². The predicted octanol–water partition coefficient (Wildman–Crippen LogP) is 4.20. The average Bonchev–Trinajstić information content (AvgIpc) is 2.59. The summed E-state index contributed by atoms with van der Waals surface area (Å²) in [5.74, 6) is 2.01.